The van der Waals surface area contributed by atoms with Gasteiger partial charge in [0.25, 0.3) is 5.89 Å². The number of aryl methyl sites for hydroxylation is 1. The zero-order chi connectivity index (χ0) is 19.7. The van der Waals surface area contributed by atoms with E-state index in [1.165, 1.54) is 0 Å². The standard InChI is InChI=1S/C21H23N5O2/c1-13-6-9-18(17(11-13)20-24-19(25-28-20)15-7-8-15)23-21(27)26(3)14(2)16-5-4-10-22-12-16/h4-6,9-12,14-15H,7-8H2,1-3H3,(H,23,27). The van der Waals surface area contributed by atoms with Gasteiger partial charge in [-0.2, -0.15) is 4.98 Å². The molecule has 2 heterocycles. The van der Waals surface area contributed by atoms with Crippen molar-refractivity contribution in [3.63, 3.8) is 0 Å². The third-order valence-electron chi connectivity index (χ3n) is 5.10. The summed E-state index contributed by atoms with van der Waals surface area (Å²) in [5.74, 6) is 1.59. The van der Waals surface area contributed by atoms with Crippen molar-refractivity contribution in [1.29, 1.82) is 0 Å². The van der Waals surface area contributed by atoms with Gasteiger partial charge in [-0.3, -0.25) is 4.98 Å². The summed E-state index contributed by atoms with van der Waals surface area (Å²) in [4.78, 5) is 23.1. The maximum atomic E-state index is 12.8. The summed E-state index contributed by atoms with van der Waals surface area (Å²) < 4.78 is 5.47. The van der Waals surface area contributed by atoms with Crippen LogP contribution in [0.1, 0.15) is 48.7 Å². The molecule has 2 aromatic heterocycles. The second kappa shape index (κ2) is 7.42. The minimum atomic E-state index is -0.219. The molecule has 7 heteroatoms. The lowest BCUT2D eigenvalue weighted by Gasteiger charge is -2.25. The number of carbonyl (C=O) groups excluding carboxylic acids is 1. The largest absolute Gasteiger partial charge is 0.334 e. The third-order valence-corrected chi connectivity index (χ3v) is 5.10. The summed E-state index contributed by atoms with van der Waals surface area (Å²) in [6, 6.07) is 9.24. The molecule has 1 aliphatic rings. The molecule has 1 aromatic carbocycles. The normalized spacial score (nSPS) is 14.5. The van der Waals surface area contributed by atoms with Crippen LogP contribution >= 0.6 is 0 Å². The van der Waals surface area contributed by atoms with Gasteiger partial charge in [0.15, 0.2) is 5.82 Å². The van der Waals surface area contributed by atoms with Gasteiger partial charge >= 0.3 is 6.03 Å². The summed E-state index contributed by atoms with van der Waals surface area (Å²) in [5, 5.41) is 7.07. The van der Waals surface area contributed by atoms with Crippen molar-refractivity contribution in [2.45, 2.75) is 38.6 Å². The Balaban J connectivity index is 1.56. The van der Waals surface area contributed by atoms with Gasteiger partial charge in [-0.15, -0.1) is 0 Å². The number of hydrogen-bond donors (Lipinski definition) is 1. The van der Waals surface area contributed by atoms with Crippen molar-refractivity contribution in [2.75, 3.05) is 12.4 Å². The molecule has 7 nitrogen and oxygen atoms in total. The van der Waals surface area contributed by atoms with E-state index in [1.54, 1.807) is 24.3 Å². The highest BCUT2D eigenvalue weighted by atomic mass is 16.5. The molecular weight excluding hydrogens is 354 g/mol. The van der Waals surface area contributed by atoms with Crippen LogP contribution < -0.4 is 5.32 Å². The van der Waals surface area contributed by atoms with Crippen molar-refractivity contribution in [3.8, 4) is 11.5 Å². The lowest BCUT2D eigenvalue weighted by molar-refractivity contribution is 0.208. The molecule has 1 fully saturated rings. The Morgan fingerprint density at radius 1 is 1.32 bits per heavy atom. The number of hydrogen-bond acceptors (Lipinski definition) is 5. The average Bonchev–Trinajstić information content (AvgIpc) is 3.45. The number of pyridine rings is 1. The molecule has 1 N–H and O–H groups in total. The summed E-state index contributed by atoms with van der Waals surface area (Å²) in [6.45, 7) is 3.95. The number of urea groups is 1. The first-order valence-electron chi connectivity index (χ1n) is 9.41. The van der Waals surface area contributed by atoms with Gasteiger partial charge in [0.1, 0.15) is 0 Å². The van der Waals surface area contributed by atoms with Crippen LogP contribution in [0.3, 0.4) is 0 Å². The molecule has 1 atom stereocenters. The van der Waals surface area contributed by atoms with E-state index in [0.29, 0.717) is 17.5 Å². The van der Waals surface area contributed by atoms with E-state index in [-0.39, 0.29) is 12.1 Å². The molecule has 1 unspecified atom stereocenters. The van der Waals surface area contributed by atoms with Gasteiger partial charge in [-0.05, 0) is 50.5 Å². The van der Waals surface area contributed by atoms with Crippen molar-refractivity contribution < 1.29 is 9.32 Å². The monoisotopic (exact) mass is 377 g/mol. The molecule has 28 heavy (non-hydrogen) atoms. The van der Waals surface area contributed by atoms with Crippen LogP contribution in [0.2, 0.25) is 0 Å². The second-order valence-corrected chi connectivity index (χ2v) is 7.28. The van der Waals surface area contributed by atoms with E-state index < -0.39 is 0 Å². The predicted octanol–water partition coefficient (Wildman–Crippen LogP) is 4.54. The molecule has 0 radical (unpaired) electrons. The van der Waals surface area contributed by atoms with Gasteiger partial charge in [-0.25, -0.2) is 4.79 Å². The van der Waals surface area contributed by atoms with E-state index in [2.05, 4.69) is 20.4 Å². The fraction of sp³-hybridized carbons (Fsp3) is 0.333. The summed E-state index contributed by atoms with van der Waals surface area (Å²) in [5.41, 5.74) is 3.40. The first kappa shape index (κ1) is 18.2. The predicted molar refractivity (Wildman–Crippen MR) is 106 cm³/mol. The zero-order valence-electron chi connectivity index (χ0n) is 16.2. The van der Waals surface area contributed by atoms with Crippen molar-refractivity contribution >= 4 is 11.7 Å². The van der Waals surface area contributed by atoms with Gasteiger partial charge < -0.3 is 14.7 Å². The summed E-state index contributed by atoms with van der Waals surface area (Å²) >= 11 is 0. The Hall–Kier alpha value is -3.22. The number of nitrogens with zero attached hydrogens (tertiary/aromatic N) is 4. The Kier molecular flexibility index (Phi) is 4.81. The van der Waals surface area contributed by atoms with Crippen molar-refractivity contribution in [1.82, 2.24) is 20.0 Å². The Labute approximate surface area is 163 Å². The van der Waals surface area contributed by atoms with Gasteiger partial charge in [-0.1, -0.05) is 22.9 Å². The molecule has 0 aliphatic heterocycles. The number of anilines is 1. The molecule has 0 spiro atoms. The van der Waals surface area contributed by atoms with E-state index >= 15 is 0 Å². The SMILES string of the molecule is Cc1ccc(NC(=O)N(C)C(C)c2cccnc2)c(-c2nc(C3CC3)no2)c1. The molecule has 2 amide bonds. The molecule has 0 bridgehead atoms. The highest BCUT2D eigenvalue weighted by Gasteiger charge is 2.29. The Bertz CT molecular complexity index is 981. The maximum Gasteiger partial charge on any atom is 0.322 e. The molecule has 1 aliphatic carbocycles. The smallest absolute Gasteiger partial charge is 0.322 e. The van der Waals surface area contributed by atoms with Crippen molar-refractivity contribution in [3.05, 3.63) is 59.7 Å². The first-order chi connectivity index (χ1) is 13.5. The number of aromatic nitrogens is 3. The summed E-state index contributed by atoms with van der Waals surface area (Å²) in [7, 11) is 1.76. The first-order valence-corrected chi connectivity index (χ1v) is 9.41. The maximum absolute atomic E-state index is 12.8. The Morgan fingerprint density at radius 3 is 2.86 bits per heavy atom. The van der Waals surface area contributed by atoms with Crippen LogP contribution in [0.4, 0.5) is 10.5 Å². The summed E-state index contributed by atoms with van der Waals surface area (Å²) in [6.07, 6.45) is 5.69. The number of nitrogens with one attached hydrogen (secondary N) is 1. The lowest BCUT2D eigenvalue weighted by Crippen LogP contribution is -2.33. The molecule has 0 saturated heterocycles. The lowest BCUT2D eigenvalue weighted by atomic mass is 10.1. The van der Waals surface area contributed by atoms with Gasteiger partial charge in [0.05, 0.1) is 17.3 Å². The average molecular weight is 377 g/mol. The molecule has 144 valence electrons. The number of amides is 2. The fourth-order valence-electron chi connectivity index (χ4n) is 3.02. The van der Waals surface area contributed by atoms with Crippen LogP contribution in [0.5, 0.6) is 0 Å². The molecule has 3 aromatic rings. The number of benzene rings is 1. The Morgan fingerprint density at radius 2 is 2.14 bits per heavy atom. The third kappa shape index (κ3) is 3.74. The minimum absolute atomic E-state index is 0.118. The van der Waals surface area contributed by atoms with E-state index in [9.17, 15) is 4.79 Å². The quantitative estimate of drug-likeness (QED) is 0.705. The van der Waals surface area contributed by atoms with Crippen LogP contribution in [0.15, 0.2) is 47.2 Å². The van der Waals surface area contributed by atoms with Gasteiger partial charge in [0, 0.05) is 25.4 Å². The molecular formula is C21H23N5O2. The van der Waals surface area contributed by atoms with Crippen LogP contribution in [0, 0.1) is 6.92 Å². The fourth-order valence-corrected chi connectivity index (χ4v) is 3.02. The highest BCUT2D eigenvalue weighted by Crippen LogP contribution is 2.39. The van der Waals surface area contributed by atoms with E-state index in [4.69, 9.17) is 4.52 Å². The van der Waals surface area contributed by atoms with Gasteiger partial charge in [0.2, 0.25) is 0 Å². The zero-order valence-corrected chi connectivity index (χ0v) is 16.2. The number of carbonyl (C=O) groups is 1. The minimum Gasteiger partial charge on any atom is -0.334 e. The van der Waals surface area contributed by atoms with Crippen LogP contribution in [-0.4, -0.2) is 33.1 Å². The van der Waals surface area contributed by atoms with Crippen molar-refractivity contribution in [2.24, 2.45) is 0 Å². The van der Waals surface area contributed by atoms with Crippen LogP contribution in [-0.2, 0) is 0 Å². The van der Waals surface area contributed by atoms with Crippen LogP contribution in [0.25, 0.3) is 11.5 Å². The topological polar surface area (TPSA) is 84.2 Å². The molecule has 1 saturated carbocycles. The van der Waals surface area contributed by atoms with E-state index in [1.807, 2.05) is 44.2 Å². The van der Waals surface area contributed by atoms with E-state index in [0.717, 1.165) is 35.4 Å². The second-order valence-electron chi connectivity index (χ2n) is 7.28. The highest BCUT2D eigenvalue weighted by molar-refractivity contribution is 5.93. The molecule has 4 rings (SSSR count). The number of rotatable bonds is 5.